The predicted molar refractivity (Wildman–Crippen MR) is 87.6 cm³/mol. The summed E-state index contributed by atoms with van der Waals surface area (Å²) in [6, 6.07) is 7.30. The van der Waals surface area contributed by atoms with Crippen molar-refractivity contribution >= 4 is 5.78 Å². The molecular formula is C18H23N3O. The van der Waals surface area contributed by atoms with Crippen LogP contribution in [0.25, 0.3) is 0 Å². The molecule has 0 unspecified atom stereocenters. The Balaban J connectivity index is 2.26. The minimum absolute atomic E-state index is 0.0256. The van der Waals surface area contributed by atoms with Crippen molar-refractivity contribution in [1.82, 2.24) is 9.97 Å². The highest BCUT2D eigenvalue weighted by Crippen LogP contribution is 2.27. The van der Waals surface area contributed by atoms with E-state index in [9.17, 15) is 4.79 Å². The summed E-state index contributed by atoms with van der Waals surface area (Å²) >= 11 is 0. The van der Waals surface area contributed by atoms with Crippen LogP contribution in [0.5, 0.6) is 0 Å². The van der Waals surface area contributed by atoms with Gasteiger partial charge < -0.3 is 5.73 Å². The van der Waals surface area contributed by atoms with Gasteiger partial charge in [-0.25, -0.2) is 0 Å². The summed E-state index contributed by atoms with van der Waals surface area (Å²) in [6.45, 7) is 7.91. The molecule has 2 N–H and O–H groups in total. The molecule has 0 spiro atoms. The molecule has 0 aliphatic heterocycles. The van der Waals surface area contributed by atoms with Crippen LogP contribution in [-0.2, 0) is 5.41 Å². The molecule has 0 aromatic carbocycles. The molecule has 4 heteroatoms. The smallest absolute Gasteiger partial charge is 0.174 e. The van der Waals surface area contributed by atoms with Gasteiger partial charge in [0.1, 0.15) is 0 Å². The lowest BCUT2D eigenvalue weighted by Gasteiger charge is -2.23. The number of hydrogen-bond donors (Lipinski definition) is 1. The van der Waals surface area contributed by atoms with Crippen molar-refractivity contribution in [2.24, 2.45) is 11.7 Å². The standard InChI is InChI=1S/C18H23N3O/c1-12(2)16(19)15-8-7-13(10-21-15)17(22)18(3,4)14-6-5-9-20-11-14/h5-12,16H,19H2,1-4H3/t16-/m0/s1. The topological polar surface area (TPSA) is 68.9 Å². The van der Waals surface area contributed by atoms with Crippen LogP contribution in [0.4, 0.5) is 0 Å². The third-order valence-electron chi connectivity index (χ3n) is 4.06. The molecule has 4 nitrogen and oxygen atoms in total. The number of nitrogens with zero attached hydrogens (tertiary/aromatic N) is 2. The monoisotopic (exact) mass is 297 g/mol. The third kappa shape index (κ3) is 3.22. The zero-order valence-corrected chi connectivity index (χ0v) is 13.6. The third-order valence-corrected chi connectivity index (χ3v) is 4.06. The van der Waals surface area contributed by atoms with E-state index >= 15 is 0 Å². The number of rotatable bonds is 5. The van der Waals surface area contributed by atoms with E-state index in [0.717, 1.165) is 11.3 Å². The van der Waals surface area contributed by atoms with Gasteiger partial charge in [0.2, 0.25) is 0 Å². The van der Waals surface area contributed by atoms with Crippen LogP contribution >= 0.6 is 0 Å². The summed E-state index contributed by atoms with van der Waals surface area (Å²) in [5, 5.41) is 0. The van der Waals surface area contributed by atoms with E-state index in [1.165, 1.54) is 0 Å². The van der Waals surface area contributed by atoms with Gasteiger partial charge in [-0.1, -0.05) is 19.9 Å². The Hall–Kier alpha value is -2.07. The second-order valence-corrected chi connectivity index (χ2v) is 6.44. The van der Waals surface area contributed by atoms with Crippen LogP contribution in [0.3, 0.4) is 0 Å². The highest BCUT2D eigenvalue weighted by molar-refractivity contribution is 6.03. The molecule has 2 aromatic rings. The van der Waals surface area contributed by atoms with Gasteiger partial charge in [0.15, 0.2) is 5.78 Å². The van der Waals surface area contributed by atoms with Gasteiger partial charge in [-0.15, -0.1) is 0 Å². The van der Waals surface area contributed by atoms with E-state index < -0.39 is 5.41 Å². The molecule has 2 heterocycles. The van der Waals surface area contributed by atoms with Crippen molar-refractivity contribution in [3.63, 3.8) is 0 Å². The first kappa shape index (κ1) is 16.3. The summed E-state index contributed by atoms with van der Waals surface area (Å²) < 4.78 is 0. The molecule has 0 fully saturated rings. The lowest BCUT2D eigenvalue weighted by atomic mass is 9.79. The van der Waals surface area contributed by atoms with Gasteiger partial charge in [-0.05, 0) is 43.5 Å². The summed E-state index contributed by atoms with van der Waals surface area (Å²) in [5.74, 6) is 0.332. The lowest BCUT2D eigenvalue weighted by Crippen LogP contribution is -2.29. The molecule has 1 atom stereocenters. The van der Waals surface area contributed by atoms with E-state index in [0.29, 0.717) is 11.5 Å². The fourth-order valence-corrected chi connectivity index (χ4v) is 2.30. The molecule has 0 aliphatic rings. The first-order valence-electron chi connectivity index (χ1n) is 7.51. The number of aromatic nitrogens is 2. The minimum Gasteiger partial charge on any atom is -0.322 e. The second-order valence-electron chi connectivity index (χ2n) is 6.44. The maximum Gasteiger partial charge on any atom is 0.174 e. The summed E-state index contributed by atoms with van der Waals surface area (Å²) in [7, 11) is 0. The van der Waals surface area contributed by atoms with E-state index in [1.54, 1.807) is 18.6 Å². The number of Topliss-reactive ketones (excluding diaryl/α,β-unsaturated/α-hetero) is 1. The Kier molecular flexibility index (Phi) is 4.71. The van der Waals surface area contributed by atoms with Gasteiger partial charge in [-0.3, -0.25) is 14.8 Å². The van der Waals surface area contributed by atoms with E-state index in [2.05, 4.69) is 23.8 Å². The maximum atomic E-state index is 12.8. The van der Waals surface area contributed by atoms with Crippen molar-refractivity contribution < 1.29 is 4.79 Å². The lowest BCUT2D eigenvalue weighted by molar-refractivity contribution is 0.0908. The second kappa shape index (κ2) is 6.36. The molecule has 116 valence electrons. The molecule has 2 aromatic heterocycles. The van der Waals surface area contributed by atoms with Crippen molar-refractivity contribution in [2.45, 2.75) is 39.2 Å². The molecule has 22 heavy (non-hydrogen) atoms. The Bertz CT molecular complexity index is 633. The van der Waals surface area contributed by atoms with Crippen molar-refractivity contribution in [2.75, 3.05) is 0 Å². The molecule has 0 aliphatic carbocycles. The quantitative estimate of drug-likeness (QED) is 0.860. The van der Waals surface area contributed by atoms with Crippen LogP contribution < -0.4 is 5.73 Å². The molecule has 0 saturated heterocycles. The van der Waals surface area contributed by atoms with Gasteiger partial charge in [-0.2, -0.15) is 0 Å². The Labute approximate surface area is 131 Å². The van der Waals surface area contributed by atoms with Crippen molar-refractivity contribution in [3.05, 3.63) is 59.7 Å². The van der Waals surface area contributed by atoms with Crippen LogP contribution in [0.2, 0.25) is 0 Å². The maximum absolute atomic E-state index is 12.8. The first-order valence-corrected chi connectivity index (χ1v) is 7.51. The predicted octanol–water partition coefficient (Wildman–Crippen LogP) is 3.29. The Morgan fingerprint density at radius 3 is 2.41 bits per heavy atom. The number of carbonyl (C=O) groups is 1. The van der Waals surface area contributed by atoms with Crippen LogP contribution in [-0.4, -0.2) is 15.8 Å². The minimum atomic E-state index is -0.641. The van der Waals surface area contributed by atoms with Gasteiger partial charge in [0.05, 0.1) is 11.1 Å². The summed E-state index contributed by atoms with van der Waals surface area (Å²) in [5.41, 5.74) is 7.74. The zero-order chi connectivity index (χ0) is 16.3. The molecular weight excluding hydrogens is 274 g/mol. The number of nitrogens with two attached hydrogens (primary N) is 1. The molecule has 0 amide bonds. The van der Waals surface area contributed by atoms with E-state index in [-0.39, 0.29) is 11.8 Å². The molecule has 0 bridgehead atoms. The Morgan fingerprint density at radius 2 is 1.91 bits per heavy atom. The van der Waals surface area contributed by atoms with Gasteiger partial charge in [0.25, 0.3) is 0 Å². The highest BCUT2D eigenvalue weighted by Gasteiger charge is 2.31. The highest BCUT2D eigenvalue weighted by atomic mass is 16.1. The zero-order valence-electron chi connectivity index (χ0n) is 13.6. The van der Waals surface area contributed by atoms with E-state index in [4.69, 9.17) is 5.73 Å². The number of ketones is 1. The largest absolute Gasteiger partial charge is 0.322 e. The van der Waals surface area contributed by atoms with Gasteiger partial charge in [0, 0.05) is 30.2 Å². The fraction of sp³-hybridized carbons (Fsp3) is 0.389. The first-order chi connectivity index (χ1) is 10.3. The molecule has 0 saturated carbocycles. The van der Waals surface area contributed by atoms with Crippen LogP contribution in [0.1, 0.15) is 55.4 Å². The van der Waals surface area contributed by atoms with Crippen molar-refractivity contribution in [1.29, 1.82) is 0 Å². The number of hydrogen-bond acceptors (Lipinski definition) is 4. The van der Waals surface area contributed by atoms with Crippen LogP contribution in [0, 0.1) is 5.92 Å². The van der Waals surface area contributed by atoms with Gasteiger partial charge >= 0.3 is 0 Å². The SMILES string of the molecule is CC(C)[C@H](N)c1ccc(C(=O)C(C)(C)c2cccnc2)cn1. The molecule has 0 radical (unpaired) electrons. The van der Waals surface area contributed by atoms with Crippen molar-refractivity contribution in [3.8, 4) is 0 Å². The average molecular weight is 297 g/mol. The normalized spacial score (nSPS) is 13.2. The summed E-state index contributed by atoms with van der Waals surface area (Å²) in [4.78, 5) is 21.2. The number of pyridine rings is 2. The fourth-order valence-electron chi connectivity index (χ4n) is 2.30. The summed E-state index contributed by atoms with van der Waals surface area (Å²) in [6.07, 6.45) is 5.06. The van der Waals surface area contributed by atoms with Crippen LogP contribution in [0.15, 0.2) is 42.9 Å². The molecule has 2 rings (SSSR count). The van der Waals surface area contributed by atoms with E-state index in [1.807, 2.05) is 38.1 Å². The number of carbonyl (C=O) groups excluding carboxylic acids is 1. The Morgan fingerprint density at radius 1 is 1.18 bits per heavy atom. The average Bonchev–Trinajstić information content (AvgIpc) is 2.54.